The molecule has 2 heterocycles. The Labute approximate surface area is 381 Å². The first-order valence-electron chi connectivity index (χ1n) is 20.3. The Balaban J connectivity index is 1.19. The van der Waals surface area contributed by atoms with Crippen LogP contribution in [0.3, 0.4) is 0 Å². The second-order valence-electron chi connectivity index (χ2n) is 15.0. The first kappa shape index (κ1) is 47.1. The quantitative estimate of drug-likeness (QED) is 0.0434. The Bertz CT molecular complexity index is 2640. The zero-order valence-electron chi connectivity index (χ0n) is 35.8. The fraction of sp³-hybridized carbons (Fsp3) is 0.245. The van der Waals surface area contributed by atoms with Crippen LogP contribution in [0.2, 0.25) is 10.0 Å². The monoisotopic (exact) mass is 905 g/mol. The highest BCUT2D eigenvalue weighted by Gasteiger charge is 2.24. The molecule has 4 aromatic carbocycles. The number of nitrogens with one attached hydrogen (secondary N) is 2. The normalized spacial score (nSPS) is 12.2. The smallest absolute Gasteiger partial charge is 0.323 e. The standard InChI is InChI=1S/C49H49Cl2N5O8/c1-29-36(27-63-46-15-44(61-26-35-12-33(18-53-4)20-55-22-35)38(13-42(46)50)23-56-48(31(3)58)49(59)60)7-5-9-40(29)41-10-6-8-37(30(41)2)28-64-47-16-45(39(24-57)14-43(47)51)62-25-34-11-32(17-52)19-54-21-34/h5-22,31,48,52,56-58H,23-28H2,1-4H3,(H,59,60)/t31-,48-/m1/s1. The Kier molecular flexibility index (Phi) is 16.4. The molecule has 332 valence electrons. The summed E-state index contributed by atoms with van der Waals surface area (Å²) in [7, 11) is 1.68. The van der Waals surface area contributed by atoms with Gasteiger partial charge < -0.3 is 39.7 Å². The first-order chi connectivity index (χ1) is 30.9. The molecule has 2 atom stereocenters. The van der Waals surface area contributed by atoms with Crippen molar-refractivity contribution in [3.8, 4) is 34.1 Å². The third-order valence-electron chi connectivity index (χ3n) is 10.5. The Morgan fingerprint density at radius 2 is 1.23 bits per heavy atom. The summed E-state index contributed by atoms with van der Waals surface area (Å²) < 4.78 is 25.0. The van der Waals surface area contributed by atoms with E-state index in [4.69, 9.17) is 47.6 Å². The molecule has 0 aliphatic carbocycles. The van der Waals surface area contributed by atoms with Crippen LogP contribution in [0, 0.1) is 19.3 Å². The number of nitrogens with zero attached hydrogens (tertiary/aromatic N) is 3. The fourth-order valence-electron chi connectivity index (χ4n) is 6.96. The van der Waals surface area contributed by atoms with E-state index in [0.29, 0.717) is 49.7 Å². The highest BCUT2D eigenvalue weighted by atomic mass is 35.5. The summed E-state index contributed by atoms with van der Waals surface area (Å²) >= 11 is 13.4. The summed E-state index contributed by atoms with van der Waals surface area (Å²) in [5.41, 5.74) is 10.00. The number of halogens is 2. The summed E-state index contributed by atoms with van der Waals surface area (Å²) in [6.45, 7) is 5.96. The van der Waals surface area contributed by atoms with E-state index in [-0.39, 0.29) is 39.6 Å². The van der Waals surface area contributed by atoms with Crippen molar-refractivity contribution in [1.29, 1.82) is 5.41 Å². The summed E-state index contributed by atoms with van der Waals surface area (Å²) in [6.07, 6.45) is 8.39. The molecule has 0 saturated carbocycles. The van der Waals surface area contributed by atoms with Gasteiger partial charge in [-0.1, -0.05) is 59.6 Å². The van der Waals surface area contributed by atoms with Crippen molar-refractivity contribution < 1.29 is 39.1 Å². The van der Waals surface area contributed by atoms with E-state index in [2.05, 4.69) is 32.4 Å². The maximum atomic E-state index is 11.8. The number of ether oxygens (including phenoxy) is 4. The van der Waals surface area contributed by atoms with Gasteiger partial charge in [0.15, 0.2) is 0 Å². The van der Waals surface area contributed by atoms with E-state index in [1.807, 2.05) is 44.2 Å². The van der Waals surface area contributed by atoms with Gasteiger partial charge in [0.05, 0.1) is 22.8 Å². The highest BCUT2D eigenvalue weighted by molar-refractivity contribution is 6.32. The largest absolute Gasteiger partial charge is 0.488 e. The first-order valence-corrected chi connectivity index (χ1v) is 21.0. The highest BCUT2D eigenvalue weighted by Crippen LogP contribution is 2.37. The molecule has 13 nitrogen and oxygen atoms in total. The lowest BCUT2D eigenvalue weighted by molar-refractivity contribution is -0.142. The van der Waals surface area contributed by atoms with E-state index in [9.17, 15) is 20.1 Å². The van der Waals surface area contributed by atoms with Crippen LogP contribution in [0.1, 0.15) is 62.6 Å². The number of carbonyl (C=O) groups is 1. The van der Waals surface area contributed by atoms with Crippen molar-refractivity contribution in [3.05, 3.63) is 163 Å². The minimum absolute atomic E-state index is 0.0437. The van der Waals surface area contributed by atoms with Crippen LogP contribution < -0.4 is 24.3 Å². The van der Waals surface area contributed by atoms with E-state index in [1.165, 1.54) is 13.1 Å². The van der Waals surface area contributed by atoms with Crippen molar-refractivity contribution >= 4 is 41.6 Å². The number of carboxylic acids is 1. The lowest BCUT2D eigenvalue weighted by Crippen LogP contribution is -2.44. The number of rotatable bonds is 21. The number of pyridine rings is 2. The molecule has 0 aliphatic heterocycles. The van der Waals surface area contributed by atoms with Gasteiger partial charge in [-0.25, -0.2) is 0 Å². The third kappa shape index (κ3) is 12.0. The number of hydrogen-bond donors (Lipinski definition) is 5. The third-order valence-corrected chi connectivity index (χ3v) is 11.1. The van der Waals surface area contributed by atoms with Crippen LogP contribution in [0.4, 0.5) is 0 Å². The molecule has 0 saturated heterocycles. The molecule has 0 fully saturated rings. The molecule has 5 N–H and O–H groups in total. The molecule has 0 bridgehead atoms. The van der Waals surface area contributed by atoms with Crippen molar-refractivity contribution in [2.24, 2.45) is 4.99 Å². The predicted octanol–water partition coefficient (Wildman–Crippen LogP) is 8.85. The van der Waals surface area contributed by atoms with Gasteiger partial charge in [0.2, 0.25) is 0 Å². The molecule has 15 heteroatoms. The maximum Gasteiger partial charge on any atom is 0.323 e. The number of aromatic nitrogens is 2. The molecule has 64 heavy (non-hydrogen) atoms. The number of aliphatic hydroxyl groups is 2. The lowest BCUT2D eigenvalue weighted by Gasteiger charge is -2.20. The van der Waals surface area contributed by atoms with Crippen LogP contribution in [-0.4, -0.2) is 62.9 Å². The van der Waals surface area contributed by atoms with Gasteiger partial charge >= 0.3 is 5.97 Å². The van der Waals surface area contributed by atoms with Crippen molar-refractivity contribution in [2.45, 2.75) is 72.5 Å². The van der Waals surface area contributed by atoms with Crippen LogP contribution in [0.5, 0.6) is 23.0 Å². The van der Waals surface area contributed by atoms with Crippen LogP contribution in [0.15, 0.2) is 103 Å². The zero-order chi connectivity index (χ0) is 45.8. The Morgan fingerprint density at radius 1 is 0.734 bits per heavy atom. The molecule has 0 aliphatic rings. The number of aliphatic hydroxyl groups excluding tert-OH is 2. The van der Waals surface area contributed by atoms with Gasteiger partial charge in [0.25, 0.3) is 0 Å². The fourth-order valence-corrected chi connectivity index (χ4v) is 7.44. The number of aliphatic carboxylic acids is 1. The molecular formula is C49H49Cl2N5O8. The van der Waals surface area contributed by atoms with E-state index >= 15 is 0 Å². The van der Waals surface area contributed by atoms with Crippen LogP contribution >= 0.6 is 23.2 Å². The molecule has 0 radical (unpaired) electrons. The second-order valence-corrected chi connectivity index (χ2v) is 15.8. The summed E-state index contributed by atoms with van der Waals surface area (Å²) in [6, 6.07) is 21.2. The lowest BCUT2D eigenvalue weighted by atomic mass is 9.92. The number of carboxylic acid groups (broad SMARTS) is 1. The average Bonchev–Trinajstić information content (AvgIpc) is 3.28. The average molecular weight is 907 g/mol. The second kappa shape index (κ2) is 22.3. The van der Waals surface area contributed by atoms with E-state index in [1.54, 1.807) is 68.4 Å². The van der Waals surface area contributed by atoms with Gasteiger partial charge in [-0.15, -0.1) is 0 Å². The maximum absolute atomic E-state index is 11.8. The molecule has 6 aromatic rings. The van der Waals surface area contributed by atoms with Crippen LogP contribution in [0.25, 0.3) is 11.1 Å². The predicted molar refractivity (Wildman–Crippen MR) is 247 cm³/mol. The Hall–Kier alpha value is -6.35. The van der Waals surface area contributed by atoms with Gasteiger partial charge in [-0.05, 0) is 78.4 Å². The summed E-state index contributed by atoms with van der Waals surface area (Å²) in [5, 5.41) is 40.8. The number of benzene rings is 4. The SMILES string of the molecule is CN=Cc1cncc(COc2cc(OCc3cccc(-c4cccc(COc5cc(OCc6cncc(C=N)c6)c(CO)cc5Cl)c4C)c3C)c(Cl)cc2CN[C@@H](C(=O)O)[C@@H](C)O)c1. The minimum Gasteiger partial charge on any atom is -0.488 e. The van der Waals surface area contributed by atoms with E-state index < -0.39 is 18.1 Å². The molecule has 0 spiro atoms. The summed E-state index contributed by atoms with van der Waals surface area (Å²) in [4.78, 5) is 24.3. The Morgan fingerprint density at radius 3 is 1.73 bits per heavy atom. The topological polar surface area (TPSA) is 189 Å². The van der Waals surface area contributed by atoms with E-state index in [0.717, 1.165) is 50.1 Å². The molecule has 6 rings (SSSR count). The minimum atomic E-state index is -1.21. The van der Waals surface area contributed by atoms with Gasteiger partial charge in [-0.2, -0.15) is 0 Å². The van der Waals surface area contributed by atoms with Gasteiger partial charge in [0.1, 0.15) is 55.5 Å². The van der Waals surface area contributed by atoms with Crippen LogP contribution in [-0.2, 0) is 44.4 Å². The molecule has 0 unspecified atom stereocenters. The zero-order valence-corrected chi connectivity index (χ0v) is 37.3. The van der Waals surface area contributed by atoms with Crippen molar-refractivity contribution in [3.63, 3.8) is 0 Å². The molecular weight excluding hydrogens is 857 g/mol. The number of hydrogen-bond acceptors (Lipinski definition) is 12. The van der Waals surface area contributed by atoms with Crippen molar-refractivity contribution in [1.82, 2.24) is 15.3 Å². The van der Waals surface area contributed by atoms with Crippen molar-refractivity contribution in [2.75, 3.05) is 7.05 Å². The molecule has 0 amide bonds. The number of aliphatic imine (C=N–C) groups is 1. The van der Waals surface area contributed by atoms with Gasteiger partial charge in [0, 0.05) is 96.3 Å². The van der Waals surface area contributed by atoms with Gasteiger partial charge in [-0.3, -0.25) is 25.1 Å². The molecule has 2 aromatic heterocycles. The summed E-state index contributed by atoms with van der Waals surface area (Å²) in [5.74, 6) is 0.403.